The van der Waals surface area contributed by atoms with E-state index >= 15 is 0 Å². The number of aliphatic carboxylic acids is 1. The van der Waals surface area contributed by atoms with Crippen LogP contribution in [0.25, 0.3) is 0 Å². The van der Waals surface area contributed by atoms with Crippen molar-refractivity contribution in [3.05, 3.63) is 18.2 Å². The van der Waals surface area contributed by atoms with Gasteiger partial charge in [-0.3, -0.25) is 9.59 Å². The summed E-state index contributed by atoms with van der Waals surface area (Å²) in [7, 11) is 0. The average molecular weight is 264 g/mol. The minimum atomic E-state index is -0.913. The SMILES string of the molecule is CCOc1cccc2c1NC(=O)C(CCC(=O)O)N2. The molecule has 2 rings (SSSR count). The van der Waals surface area contributed by atoms with Gasteiger partial charge in [-0.25, -0.2) is 0 Å². The van der Waals surface area contributed by atoms with Crippen molar-refractivity contribution >= 4 is 23.3 Å². The lowest BCUT2D eigenvalue weighted by Gasteiger charge is -2.27. The second-order valence-corrected chi connectivity index (χ2v) is 4.23. The van der Waals surface area contributed by atoms with E-state index in [-0.39, 0.29) is 18.7 Å². The standard InChI is InChI=1S/C13H16N2O4/c1-2-19-10-5-3-4-8-12(10)15-13(18)9(14-8)6-7-11(16)17/h3-5,9,14H,2,6-7H2,1H3,(H,15,18)(H,16,17). The van der Waals surface area contributed by atoms with E-state index in [4.69, 9.17) is 9.84 Å². The molecule has 0 saturated carbocycles. The van der Waals surface area contributed by atoms with Gasteiger partial charge in [0.15, 0.2) is 0 Å². The Hall–Kier alpha value is -2.24. The number of para-hydroxylation sites is 1. The van der Waals surface area contributed by atoms with Crippen molar-refractivity contribution in [2.24, 2.45) is 0 Å². The molecule has 1 aromatic carbocycles. The number of amides is 1. The van der Waals surface area contributed by atoms with E-state index in [9.17, 15) is 9.59 Å². The van der Waals surface area contributed by atoms with E-state index in [0.717, 1.165) is 5.69 Å². The number of hydrogen-bond acceptors (Lipinski definition) is 4. The van der Waals surface area contributed by atoms with Crippen molar-refractivity contribution in [3.8, 4) is 5.75 Å². The van der Waals surface area contributed by atoms with Gasteiger partial charge in [0.05, 0.1) is 12.3 Å². The summed E-state index contributed by atoms with van der Waals surface area (Å²) in [5.41, 5.74) is 1.36. The smallest absolute Gasteiger partial charge is 0.303 e. The first-order valence-corrected chi connectivity index (χ1v) is 6.16. The maximum atomic E-state index is 11.9. The number of ether oxygens (including phenoxy) is 1. The fourth-order valence-corrected chi connectivity index (χ4v) is 1.99. The van der Waals surface area contributed by atoms with Crippen LogP contribution in [0.3, 0.4) is 0 Å². The first-order chi connectivity index (χ1) is 9.11. The minimum Gasteiger partial charge on any atom is -0.492 e. The van der Waals surface area contributed by atoms with Crippen molar-refractivity contribution in [2.45, 2.75) is 25.8 Å². The Bertz CT molecular complexity index is 501. The Balaban J connectivity index is 2.17. The van der Waals surface area contributed by atoms with Crippen LogP contribution in [0.4, 0.5) is 11.4 Å². The summed E-state index contributed by atoms with van der Waals surface area (Å²) in [6.45, 7) is 2.38. The van der Waals surface area contributed by atoms with Gasteiger partial charge in [-0.15, -0.1) is 0 Å². The molecule has 6 nitrogen and oxygen atoms in total. The highest BCUT2D eigenvalue weighted by Gasteiger charge is 2.27. The largest absolute Gasteiger partial charge is 0.492 e. The maximum absolute atomic E-state index is 11.9. The molecule has 0 spiro atoms. The van der Waals surface area contributed by atoms with Gasteiger partial charge in [-0.2, -0.15) is 0 Å². The number of nitrogens with one attached hydrogen (secondary N) is 2. The highest BCUT2D eigenvalue weighted by Crippen LogP contribution is 2.36. The monoisotopic (exact) mass is 264 g/mol. The molecule has 0 aliphatic carbocycles. The first kappa shape index (κ1) is 13.2. The summed E-state index contributed by atoms with van der Waals surface area (Å²) < 4.78 is 5.44. The highest BCUT2D eigenvalue weighted by molar-refractivity contribution is 6.04. The molecule has 1 unspecified atom stereocenters. The van der Waals surface area contributed by atoms with Crippen molar-refractivity contribution in [3.63, 3.8) is 0 Å². The fraction of sp³-hybridized carbons (Fsp3) is 0.385. The Morgan fingerprint density at radius 3 is 2.95 bits per heavy atom. The van der Waals surface area contributed by atoms with Crippen molar-refractivity contribution in [1.29, 1.82) is 0 Å². The predicted octanol–water partition coefficient (Wildman–Crippen LogP) is 1.68. The highest BCUT2D eigenvalue weighted by atomic mass is 16.5. The Kier molecular flexibility index (Phi) is 3.89. The van der Waals surface area contributed by atoms with Crippen LogP contribution >= 0.6 is 0 Å². The number of anilines is 2. The summed E-state index contributed by atoms with van der Waals surface area (Å²) >= 11 is 0. The molecule has 1 atom stereocenters. The molecule has 1 amide bonds. The lowest BCUT2D eigenvalue weighted by atomic mass is 10.1. The molecule has 1 heterocycles. The van der Waals surface area contributed by atoms with Crippen LogP contribution in [-0.4, -0.2) is 29.6 Å². The molecular formula is C13H16N2O4. The number of rotatable bonds is 5. The zero-order chi connectivity index (χ0) is 13.8. The fourth-order valence-electron chi connectivity index (χ4n) is 1.99. The minimum absolute atomic E-state index is 0.0500. The molecule has 1 aliphatic heterocycles. The van der Waals surface area contributed by atoms with Gasteiger partial charge in [0.2, 0.25) is 5.91 Å². The van der Waals surface area contributed by atoms with Crippen molar-refractivity contribution < 1.29 is 19.4 Å². The number of fused-ring (bicyclic) bond motifs is 1. The zero-order valence-electron chi connectivity index (χ0n) is 10.6. The number of carboxylic acid groups (broad SMARTS) is 1. The summed E-state index contributed by atoms with van der Waals surface area (Å²) in [5, 5.41) is 14.5. The molecule has 0 radical (unpaired) electrons. The van der Waals surface area contributed by atoms with E-state index in [1.165, 1.54) is 0 Å². The van der Waals surface area contributed by atoms with Gasteiger partial charge in [0.1, 0.15) is 17.5 Å². The van der Waals surface area contributed by atoms with Gasteiger partial charge in [0, 0.05) is 6.42 Å². The molecule has 0 bridgehead atoms. The third-order valence-electron chi connectivity index (χ3n) is 2.87. The number of hydrogen-bond donors (Lipinski definition) is 3. The van der Waals surface area contributed by atoms with Crippen LogP contribution in [0, 0.1) is 0 Å². The molecule has 102 valence electrons. The van der Waals surface area contributed by atoms with Crippen molar-refractivity contribution in [2.75, 3.05) is 17.2 Å². The molecule has 0 fully saturated rings. The Labute approximate surface area is 110 Å². The van der Waals surface area contributed by atoms with Crippen LogP contribution in [-0.2, 0) is 9.59 Å². The second-order valence-electron chi connectivity index (χ2n) is 4.23. The Morgan fingerprint density at radius 2 is 2.26 bits per heavy atom. The van der Waals surface area contributed by atoms with E-state index in [2.05, 4.69) is 10.6 Å². The number of benzene rings is 1. The summed E-state index contributed by atoms with van der Waals surface area (Å²) in [5.74, 6) is -0.540. The van der Waals surface area contributed by atoms with Crippen LogP contribution in [0.15, 0.2) is 18.2 Å². The van der Waals surface area contributed by atoms with E-state index in [0.29, 0.717) is 18.0 Å². The van der Waals surface area contributed by atoms with E-state index in [1.54, 1.807) is 6.07 Å². The summed E-state index contributed by atoms with van der Waals surface area (Å²) in [6.07, 6.45) is 0.199. The molecule has 1 aromatic rings. The molecule has 3 N–H and O–H groups in total. The van der Waals surface area contributed by atoms with Crippen LogP contribution in [0.1, 0.15) is 19.8 Å². The molecule has 0 aromatic heterocycles. The topological polar surface area (TPSA) is 87.7 Å². The summed E-state index contributed by atoms with van der Waals surface area (Å²) in [6, 6.07) is 4.90. The molecular weight excluding hydrogens is 248 g/mol. The first-order valence-electron chi connectivity index (χ1n) is 6.16. The van der Waals surface area contributed by atoms with Gasteiger partial charge in [-0.1, -0.05) is 6.07 Å². The molecule has 0 saturated heterocycles. The quantitative estimate of drug-likeness (QED) is 0.753. The second kappa shape index (κ2) is 5.60. The van der Waals surface area contributed by atoms with Gasteiger partial charge < -0.3 is 20.5 Å². The van der Waals surface area contributed by atoms with E-state index < -0.39 is 12.0 Å². The average Bonchev–Trinajstić information content (AvgIpc) is 2.37. The van der Waals surface area contributed by atoms with Crippen LogP contribution in [0.5, 0.6) is 5.75 Å². The molecule has 19 heavy (non-hydrogen) atoms. The normalized spacial score (nSPS) is 17.1. The lowest BCUT2D eigenvalue weighted by Crippen LogP contribution is -2.39. The Morgan fingerprint density at radius 1 is 1.47 bits per heavy atom. The maximum Gasteiger partial charge on any atom is 0.303 e. The van der Waals surface area contributed by atoms with Crippen LogP contribution in [0.2, 0.25) is 0 Å². The van der Waals surface area contributed by atoms with Gasteiger partial charge in [0.25, 0.3) is 0 Å². The van der Waals surface area contributed by atoms with Crippen LogP contribution < -0.4 is 15.4 Å². The summed E-state index contributed by atoms with van der Waals surface area (Å²) in [4.78, 5) is 22.5. The number of carboxylic acids is 1. The lowest BCUT2D eigenvalue weighted by molar-refractivity contribution is -0.137. The molecule has 6 heteroatoms. The van der Waals surface area contributed by atoms with Crippen molar-refractivity contribution in [1.82, 2.24) is 0 Å². The predicted molar refractivity (Wildman–Crippen MR) is 70.5 cm³/mol. The van der Waals surface area contributed by atoms with Gasteiger partial charge in [-0.05, 0) is 25.5 Å². The molecule has 1 aliphatic rings. The number of carbonyl (C=O) groups is 2. The van der Waals surface area contributed by atoms with E-state index in [1.807, 2.05) is 19.1 Å². The van der Waals surface area contributed by atoms with Gasteiger partial charge >= 0.3 is 5.97 Å². The zero-order valence-corrected chi connectivity index (χ0v) is 10.6. The number of carbonyl (C=O) groups excluding carboxylic acids is 1. The third kappa shape index (κ3) is 2.96. The third-order valence-corrected chi connectivity index (χ3v) is 2.87.